The molecule has 1 aromatic rings. The van der Waals surface area contributed by atoms with Crippen molar-refractivity contribution in [1.82, 2.24) is 0 Å². The summed E-state index contributed by atoms with van der Waals surface area (Å²) in [5.74, 6) is -0.316. The zero-order chi connectivity index (χ0) is 10.8. The Morgan fingerprint density at radius 1 is 1.53 bits per heavy atom. The Morgan fingerprint density at radius 3 is 3.07 bits per heavy atom. The van der Waals surface area contributed by atoms with Gasteiger partial charge >= 0.3 is 0 Å². The summed E-state index contributed by atoms with van der Waals surface area (Å²) in [7, 11) is 0. The number of nitrogens with two attached hydrogens (primary N) is 1. The average molecular weight is 205 g/mol. The summed E-state index contributed by atoms with van der Waals surface area (Å²) in [6, 6.07) is 5.93. The Hall–Kier alpha value is -1.35. The van der Waals surface area contributed by atoms with Crippen LogP contribution in [0.2, 0.25) is 0 Å². The van der Waals surface area contributed by atoms with Crippen molar-refractivity contribution in [3.05, 3.63) is 34.9 Å². The molecular formula is C12H15NO2. The van der Waals surface area contributed by atoms with Gasteiger partial charge in [0, 0.05) is 0 Å². The van der Waals surface area contributed by atoms with Crippen molar-refractivity contribution in [2.75, 3.05) is 0 Å². The van der Waals surface area contributed by atoms with E-state index >= 15 is 0 Å². The first-order chi connectivity index (χ1) is 7.16. The molecule has 0 aromatic heterocycles. The molecule has 1 atom stereocenters. The van der Waals surface area contributed by atoms with Gasteiger partial charge in [-0.1, -0.05) is 18.2 Å². The van der Waals surface area contributed by atoms with Crippen LogP contribution in [0.15, 0.2) is 18.2 Å². The van der Waals surface area contributed by atoms with Crippen LogP contribution < -0.4 is 5.73 Å². The van der Waals surface area contributed by atoms with E-state index in [1.54, 1.807) is 0 Å². The van der Waals surface area contributed by atoms with Crippen LogP contribution in [0.4, 0.5) is 0 Å². The maximum absolute atomic E-state index is 10.9. The van der Waals surface area contributed by atoms with Crippen LogP contribution in [0.1, 0.15) is 23.1 Å². The van der Waals surface area contributed by atoms with Crippen molar-refractivity contribution in [2.45, 2.75) is 31.8 Å². The fraction of sp³-hybridized carbons (Fsp3) is 0.417. The molecule has 0 radical (unpaired) electrons. The predicted molar refractivity (Wildman–Crippen MR) is 57.4 cm³/mol. The Labute approximate surface area is 88.9 Å². The number of rotatable bonds is 2. The van der Waals surface area contributed by atoms with Crippen LogP contribution in [-0.4, -0.2) is 17.1 Å². The molecule has 2 rings (SSSR count). The summed E-state index contributed by atoms with van der Waals surface area (Å²) in [6.07, 6.45) is 2.36. The summed E-state index contributed by atoms with van der Waals surface area (Å²) in [5, 5.41) is 9.60. The molecule has 15 heavy (non-hydrogen) atoms. The number of carbonyl (C=O) groups excluding carboxylic acids is 1. The number of benzene rings is 1. The van der Waals surface area contributed by atoms with E-state index in [2.05, 4.69) is 6.07 Å². The van der Waals surface area contributed by atoms with E-state index in [1.807, 2.05) is 12.1 Å². The molecule has 0 aliphatic heterocycles. The highest BCUT2D eigenvalue weighted by Gasteiger charge is 2.19. The van der Waals surface area contributed by atoms with Gasteiger partial charge in [0.05, 0.1) is 12.5 Å². The topological polar surface area (TPSA) is 63.3 Å². The second-order valence-corrected chi connectivity index (χ2v) is 4.09. The molecule has 0 heterocycles. The maximum atomic E-state index is 10.9. The first-order valence-corrected chi connectivity index (χ1v) is 5.23. The number of amides is 1. The fourth-order valence-electron chi connectivity index (χ4n) is 2.20. The number of hydrogen-bond donors (Lipinski definition) is 2. The number of primary amides is 1. The number of aliphatic hydroxyl groups excluding tert-OH is 1. The summed E-state index contributed by atoms with van der Waals surface area (Å²) >= 11 is 0. The van der Waals surface area contributed by atoms with Crippen molar-refractivity contribution < 1.29 is 9.90 Å². The Kier molecular flexibility index (Phi) is 2.73. The molecule has 0 spiro atoms. The monoisotopic (exact) mass is 205 g/mol. The molecule has 80 valence electrons. The standard InChI is InChI=1S/C12H15NO2/c13-12(15)6-9-3-1-2-8-4-5-10(14)7-11(8)9/h1-3,10,14H,4-7H2,(H2,13,15). The first-order valence-electron chi connectivity index (χ1n) is 5.23. The molecule has 0 saturated carbocycles. The lowest BCUT2D eigenvalue weighted by atomic mass is 9.86. The molecule has 1 aromatic carbocycles. The van der Waals surface area contributed by atoms with Gasteiger partial charge in [-0.2, -0.15) is 0 Å². The average Bonchev–Trinajstić information content (AvgIpc) is 2.18. The van der Waals surface area contributed by atoms with E-state index in [1.165, 1.54) is 5.56 Å². The predicted octanol–water partition coefficient (Wildman–Crippen LogP) is 0.564. The lowest BCUT2D eigenvalue weighted by Gasteiger charge is -2.22. The van der Waals surface area contributed by atoms with Gasteiger partial charge in [0.1, 0.15) is 0 Å². The second kappa shape index (κ2) is 4.03. The molecule has 3 heteroatoms. The van der Waals surface area contributed by atoms with Gasteiger partial charge < -0.3 is 10.8 Å². The molecule has 1 aliphatic rings. The van der Waals surface area contributed by atoms with Crippen molar-refractivity contribution in [3.8, 4) is 0 Å². The highest BCUT2D eigenvalue weighted by atomic mass is 16.3. The third-order valence-electron chi connectivity index (χ3n) is 2.92. The highest BCUT2D eigenvalue weighted by molar-refractivity contribution is 5.77. The number of carbonyl (C=O) groups is 1. The van der Waals surface area contributed by atoms with E-state index in [-0.39, 0.29) is 18.4 Å². The van der Waals surface area contributed by atoms with Crippen molar-refractivity contribution in [3.63, 3.8) is 0 Å². The van der Waals surface area contributed by atoms with Crippen LogP contribution in [0, 0.1) is 0 Å². The van der Waals surface area contributed by atoms with Gasteiger partial charge in [0.25, 0.3) is 0 Å². The van der Waals surface area contributed by atoms with Crippen molar-refractivity contribution in [2.24, 2.45) is 5.73 Å². The zero-order valence-corrected chi connectivity index (χ0v) is 8.57. The van der Waals surface area contributed by atoms with E-state index in [4.69, 9.17) is 5.73 Å². The van der Waals surface area contributed by atoms with Gasteiger partial charge in [0.15, 0.2) is 0 Å². The van der Waals surface area contributed by atoms with Crippen LogP contribution in [0.3, 0.4) is 0 Å². The molecule has 1 unspecified atom stereocenters. The lowest BCUT2D eigenvalue weighted by Crippen LogP contribution is -2.22. The van der Waals surface area contributed by atoms with Crippen LogP contribution in [-0.2, 0) is 24.1 Å². The number of hydrogen-bond acceptors (Lipinski definition) is 2. The van der Waals surface area contributed by atoms with Gasteiger partial charge in [-0.3, -0.25) is 4.79 Å². The minimum atomic E-state index is -0.316. The summed E-state index contributed by atoms with van der Waals surface area (Å²) in [4.78, 5) is 10.9. The summed E-state index contributed by atoms with van der Waals surface area (Å²) < 4.78 is 0. The number of fused-ring (bicyclic) bond motifs is 1. The molecule has 3 N–H and O–H groups in total. The normalized spacial score (nSPS) is 19.7. The van der Waals surface area contributed by atoms with E-state index in [0.29, 0.717) is 6.42 Å². The smallest absolute Gasteiger partial charge is 0.221 e. The van der Waals surface area contributed by atoms with Crippen LogP contribution >= 0.6 is 0 Å². The zero-order valence-electron chi connectivity index (χ0n) is 8.57. The minimum Gasteiger partial charge on any atom is -0.393 e. The third-order valence-corrected chi connectivity index (χ3v) is 2.92. The van der Waals surface area contributed by atoms with Gasteiger partial charge in [0.2, 0.25) is 5.91 Å². The largest absolute Gasteiger partial charge is 0.393 e. The first kappa shape index (κ1) is 10.2. The fourth-order valence-corrected chi connectivity index (χ4v) is 2.20. The molecule has 0 saturated heterocycles. The van der Waals surface area contributed by atoms with Crippen molar-refractivity contribution >= 4 is 5.91 Å². The van der Waals surface area contributed by atoms with E-state index in [0.717, 1.165) is 24.0 Å². The minimum absolute atomic E-state index is 0.272. The molecule has 1 amide bonds. The number of aliphatic hydroxyl groups is 1. The quantitative estimate of drug-likeness (QED) is 0.741. The van der Waals surface area contributed by atoms with Gasteiger partial charge in [-0.05, 0) is 36.0 Å². The van der Waals surface area contributed by atoms with E-state index < -0.39 is 0 Å². The Morgan fingerprint density at radius 2 is 2.33 bits per heavy atom. The van der Waals surface area contributed by atoms with Gasteiger partial charge in [-0.15, -0.1) is 0 Å². The Balaban J connectivity index is 2.35. The van der Waals surface area contributed by atoms with Crippen LogP contribution in [0.5, 0.6) is 0 Å². The highest BCUT2D eigenvalue weighted by Crippen LogP contribution is 2.24. The van der Waals surface area contributed by atoms with Gasteiger partial charge in [-0.25, -0.2) is 0 Å². The molecule has 0 fully saturated rings. The number of aryl methyl sites for hydroxylation is 1. The summed E-state index contributed by atoms with van der Waals surface area (Å²) in [5.41, 5.74) is 8.53. The second-order valence-electron chi connectivity index (χ2n) is 4.09. The van der Waals surface area contributed by atoms with Crippen LogP contribution in [0.25, 0.3) is 0 Å². The molecule has 0 bridgehead atoms. The summed E-state index contributed by atoms with van der Waals surface area (Å²) in [6.45, 7) is 0. The lowest BCUT2D eigenvalue weighted by molar-refractivity contribution is -0.117. The Bertz CT molecular complexity index is 387. The molecule has 1 aliphatic carbocycles. The third kappa shape index (κ3) is 2.18. The van der Waals surface area contributed by atoms with Crippen molar-refractivity contribution in [1.29, 1.82) is 0 Å². The molecule has 3 nitrogen and oxygen atoms in total. The molecular weight excluding hydrogens is 190 g/mol. The van der Waals surface area contributed by atoms with E-state index in [9.17, 15) is 9.90 Å². The SMILES string of the molecule is NC(=O)Cc1cccc2c1CC(O)CC2. The maximum Gasteiger partial charge on any atom is 0.221 e.